The summed E-state index contributed by atoms with van der Waals surface area (Å²) in [4.78, 5) is 3.01. The molecule has 13 heteroatoms. The Morgan fingerprint density at radius 1 is 1.18 bits per heavy atom. The van der Waals surface area contributed by atoms with Gasteiger partial charge in [-0.1, -0.05) is 12.1 Å². The van der Waals surface area contributed by atoms with Crippen LogP contribution in [0.4, 0.5) is 11.5 Å². The number of imidazole rings is 1. The first-order valence-corrected chi connectivity index (χ1v) is 11.3. The van der Waals surface area contributed by atoms with Gasteiger partial charge in [0.25, 0.3) is 10.1 Å². The predicted octanol–water partition coefficient (Wildman–Crippen LogP) is 3.68. The van der Waals surface area contributed by atoms with Gasteiger partial charge in [0.05, 0.1) is 34.4 Å². The number of ether oxygens (including phenoxy) is 1. The van der Waals surface area contributed by atoms with E-state index in [1.54, 1.807) is 11.6 Å². The van der Waals surface area contributed by atoms with Crippen LogP contribution >= 0.6 is 0 Å². The first kappa shape index (κ1) is 21.5. The molecule has 12 nitrogen and oxygen atoms in total. The van der Waals surface area contributed by atoms with Crippen LogP contribution < -0.4 is 0 Å². The van der Waals surface area contributed by atoms with Gasteiger partial charge >= 0.3 is 0 Å². The van der Waals surface area contributed by atoms with Gasteiger partial charge in [0, 0.05) is 7.11 Å². The van der Waals surface area contributed by atoms with E-state index in [-0.39, 0.29) is 22.9 Å². The summed E-state index contributed by atoms with van der Waals surface area (Å²) in [7, 11) is -2.79. The molecule has 0 saturated carbocycles. The summed E-state index contributed by atoms with van der Waals surface area (Å²) in [5, 5.41) is 27.0. The molecule has 0 unspecified atom stereocenters. The van der Waals surface area contributed by atoms with Crippen LogP contribution in [-0.4, -0.2) is 44.5 Å². The van der Waals surface area contributed by atoms with Gasteiger partial charge in [-0.3, -0.25) is 4.55 Å². The van der Waals surface area contributed by atoms with Crippen molar-refractivity contribution in [3.63, 3.8) is 0 Å². The summed E-state index contributed by atoms with van der Waals surface area (Å²) in [5.41, 5.74) is 3.91. The second kappa shape index (κ2) is 8.19. The zero-order valence-electron chi connectivity index (χ0n) is 17.6. The molecule has 170 valence electrons. The van der Waals surface area contributed by atoms with Crippen LogP contribution in [0.15, 0.2) is 69.9 Å². The van der Waals surface area contributed by atoms with Crippen LogP contribution in [0.2, 0.25) is 0 Å². The average Bonchev–Trinajstić information content (AvgIpc) is 3.49. The molecule has 2 aromatic carbocycles. The Morgan fingerprint density at radius 2 is 1.94 bits per heavy atom. The van der Waals surface area contributed by atoms with Crippen molar-refractivity contribution >= 4 is 38.3 Å². The number of H-pyrrole nitrogens is 1. The number of azo groups is 1. The fraction of sp³-hybridized carbons (Fsp3) is 0.0952. The highest BCUT2D eigenvalue weighted by molar-refractivity contribution is 7.85. The van der Waals surface area contributed by atoms with Crippen molar-refractivity contribution in [3.05, 3.63) is 66.0 Å². The first-order valence-electron chi connectivity index (χ1n) is 9.85. The van der Waals surface area contributed by atoms with Crippen LogP contribution in [0.1, 0.15) is 11.3 Å². The van der Waals surface area contributed by atoms with E-state index in [0.717, 1.165) is 11.0 Å². The molecule has 0 saturated heterocycles. The lowest BCUT2D eigenvalue weighted by atomic mass is 10.3. The molecule has 34 heavy (non-hydrogen) atoms. The second-order valence-corrected chi connectivity index (χ2v) is 8.63. The molecule has 0 fully saturated rings. The van der Waals surface area contributed by atoms with E-state index in [4.69, 9.17) is 4.74 Å². The van der Waals surface area contributed by atoms with E-state index in [2.05, 4.69) is 25.4 Å². The lowest BCUT2D eigenvalue weighted by Gasteiger charge is -2.04. The second-order valence-electron chi connectivity index (χ2n) is 7.21. The number of nitriles is 1. The van der Waals surface area contributed by atoms with Gasteiger partial charge in [-0.05, 0) is 36.4 Å². The Bertz CT molecular complexity index is 1710. The molecule has 0 aliphatic carbocycles. The predicted molar refractivity (Wildman–Crippen MR) is 120 cm³/mol. The maximum absolute atomic E-state index is 11.3. The summed E-state index contributed by atoms with van der Waals surface area (Å²) in [6.07, 6.45) is 1.33. The minimum Gasteiger partial charge on any atom is -0.378 e. The zero-order chi connectivity index (χ0) is 23.9. The van der Waals surface area contributed by atoms with E-state index in [1.807, 2.05) is 30.3 Å². The molecule has 0 aliphatic heterocycles. The number of methoxy groups -OCH3 is 1. The molecule has 0 spiro atoms. The Balaban J connectivity index is 1.62. The number of benzene rings is 2. The smallest absolute Gasteiger partial charge is 0.294 e. The maximum atomic E-state index is 11.3. The lowest BCUT2D eigenvalue weighted by Crippen LogP contribution is -2.00. The van der Waals surface area contributed by atoms with Crippen LogP contribution in [0.3, 0.4) is 0 Å². The zero-order valence-corrected chi connectivity index (χ0v) is 18.4. The highest BCUT2D eigenvalue weighted by atomic mass is 32.2. The van der Waals surface area contributed by atoms with Crippen molar-refractivity contribution in [1.29, 1.82) is 5.26 Å². The Hall–Kier alpha value is -4.38. The van der Waals surface area contributed by atoms with Crippen LogP contribution in [-0.2, 0) is 21.5 Å². The molecular weight excluding hydrogens is 460 g/mol. The van der Waals surface area contributed by atoms with Crippen molar-refractivity contribution in [1.82, 2.24) is 24.4 Å². The van der Waals surface area contributed by atoms with Gasteiger partial charge in [0.15, 0.2) is 17.2 Å². The van der Waals surface area contributed by atoms with E-state index in [1.165, 1.54) is 35.1 Å². The quantitative estimate of drug-likeness (QED) is 0.279. The highest BCUT2D eigenvalue weighted by Gasteiger charge is 2.18. The number of aromatic amines is 1. The molecule has 0 atom stereocenters. The van der Waals surface area contributed by atoms with Gasteiger partial charge in [0.2, 0.25) is 0 Å². The molecule has 0 bridgehead atoms. The van der Waals surface area contributed by atoms with Crippen molar-refractivity contribution in [2.75, 3.05) is 7.11 Å². The summed E-state index contributed by atoms with van der Waals surface area (Å²) < 4.78 is 40.2. The molecule has 3 heterocycles. The van der Waals surface area contributed by atoms with Crippen LogP contribution in [0.25, 0.3) is 22.4 Å². The normalized spacial score (nSPS) is 12.1. The van der Waals surface area contributed by atoms with Crippen LogP contribution in [0.5, 0.6) is 0 Å². The highest BCUT2D eigenvalue weighted by Crippen LogP contribution is 2.32. The van der Waals surface area contributed by atoms with Gasteiger partial charge < -0.3 is 9.72 Å². The molecule has 0 radical (unpaired) electrons. The van der Waals surface area contributed by atoms with Gasteiger partial charge in [0.1, 0.15) is 17.3 Å². The van der Waals surface area contributed by atoms with E-state index in [9.17, 15) is 18.2 Å². The molecule has 0 aliphatic rings. The summed E-state index contributed by atoms with van der Waals surface area (Å²) >= 11 is 0. The fourth-order valence-electron chi connectivity index (χ4n) is 3.53. The van der Waals surface area contributed by atoms with E-state index >= 15 is 0 Å². The fourth-order valence-corrected chi connectivity index (χ4v) is 4.01. The summed E-state index contributed by atoms with van der Waals surface area (Å²) in [6, 6.07) is 15.0. The number of rotatable bonds is 6. The molecule has 0 amide bonds. The minimum absolute atomic E-state index is 0.140. The third kappa shape index (κ3) is 3.61. The minimum atomic E-state index is -4.34. The van der Waals surface area contributed by atoms with Crippen molar-refractivity contribution in [3.8, 4) is 11.8 Å². The van der Waals surface area contributed by atoms with Gasteiger partial charge in [-0.2, -0.15) is 23.9 Å². The maximum Gasteiger partial charge on any atom is 0.294 e. The molecular formula is C21H16N8O4S. The van der Waals surface area contributed by atoms with Gasteiger partial charge in [-0.15, -0.1) is 10.2 Å². The number of nitrogens with zero attached hydrogens (tertiary/aromatic N) is 7. The van der Waals surface area contributed by atoms with E-state index in [0.29, 0.717) is 22.7 Å². The third-order valence-electron chi connectivity index (χ3n) is 5.08. The van der Waals surface area contributed by atoms with E-state index < -0.39 is 10.1 Å². The number of para-hydroxylation sites is 2. The number of hydrogen-bond acceptors (Lipinski definition) is 8. The van der Waals surface area contributed by atoms with Crippen molar-refractivity contribution < 1.29 is 17.7 Å². The lowest BCUT2D eigenvalue weighted by molar-refractivity contribution is 0.181. The number of fused-ring (bicyclic) bond motifs is 3. The Labute approximate surface area is 192 Å². The topological polar surface area (TPSA) is 163 Å². The SMILES string of the molecule is COCc1nn2c([nH]c3ccccc32)c1/N=N/c1c(C#N)cnn1-c1ccc(S(=O)(=O)O)cc1. The molecule has 2 N–H and O–H groups in total. The first-order chi connectivity index (χ1) is 16.4. The Kier molecular flexibility index (Phi) is 5.17. The summed E-state index contributed by atoms with van der Waals surface area (Å²) in [6.45, 7) is 0.194. The number of nitrogens with one attached hydrogen (secondary N) is 1. The average molecular weight is 476 g/mol. The number of aromatic nitrogens is 5. The molecule has 5 rings (SSSR count). The third-order valence-corrected chi connectivity index (χ3v) is 5.95. The van der Waals surface area contributed by atoms with Crippen molar-refractivity contribution in [2.45, 2.75) is 11.5 Å². The molecule has 5 aromatic rings. The largest absolute Gasteiger partial charge is 0.378 e. The number of hydrogen-bond donors (Lipinski definition) is 2. The van der Waals surface area contributed by atoms with Gasteiger partial charge in [-0.25, -0.2) is 9.20 Å². The summed E-state index contributed by atoms with van der Waals surface area (Å²) in [5.74, 6) is 0.140. The van der Waals surface area contributed by atoms with Crippen LogP contribution in [0, 0.1) is 11.3 Å². The Morgan fingerprint density at radius 3 is 2.65 bits per heavy atom. The molecule has 3 aromatic heterocycles. The standard InChI is InChI=1S/C21H16N8O4S/c1-33-12-17-19(21-24-16-4-2-3-5-18(16)29(21)27-17)25-26-20-13(10-22)11-23-28(20)14-6-8-15(9-7-14)34(30,31)32/h2-9,11,24H,12H2,1H3,(H,30,31,32)/b26-25+. The van der Waals surface area contributed by atoms with Crippen molar-refractivity contribution in [2.24, 2.45) is 10.2 Å². The monoisotopic (exact) mass is 476 g/mol.